The topological polar surface area (TPSA) is 65.0 Å². The highest BCUT2D eigenvalue weighted by Gasteiger charge is 2.45. The zero-order chi connectivity index (χ0) is 9.47. The van der Waals surface area contributed by atoms with Gasteiger partial charge in [-0.2, -0.15) is 0 Å². The molecule has 4 nitrogen and oxygen atoms in total. The van der Waals surface area contributed by atoms with Gasteiger partial charge in [0.05, 0.1) is 5.54 Å². The van der Waals surface area contributed by atoms with Crippen LogP contribution in [0.4, 0.5) is 4.79 Å². The maximum atomic E-state index is 11.1. The van der Waals surface area contributed by atoms with E-state index in [1.807, 2.05) is 0 Å². The van der Waals surface area contributed by atoms with Crippen molar-refractivity contribution in [1.29, 1.82) is 5.41 Å². The normalized spacial score (nSPS) is 39.0. The standard InChI is InChI=1S/C9H15N3O/c1-6-3-2-4-9(5-6)7(10)11-8(13)12-9/h6H,2-5H2,1H3,(H3,10,11,12,13). The Morgan fingerprint density at radius 3 is 2.92 bits per heavy atom. The minimum Gasteiger partial charge on any atom is -0.325 e. The van der Waals surface area contributed by atoms with E-state index in [-0.39, 0.29) is 11.6 Å². The van der Waals surface area contributed by atoms with Crippen LogP contribution in [-0.4, -0.2) is 17.4 Å². The van der Waals surface area contributed by atoms with Gasteiger partial charge in [0.25, 0.3) is 0 Å². The second kappa shape index (κ2) is 2.72. The summed E-state index contributed by atoms with van der Waals surface area (Å²) < 4.78 is 0. The third-order valence-corrected chi connectivity index (χ3v) is 3.07. The number of urea groups is 1. The summed E-state index contributed by atoms with van der Waals surface area (Å²) >= 11 is 0. The lowest BCUT2D eigenvalue weighted by Crippen LogP contribution is -2.49. The Morgan fingerprint density at radius 2 is 2.38 bits per heavy atom. The molecule has 1 saturated heterocycles. The second-order valence-corrected chi connectivity index (χ2v) is 4.24. The molecule has 2 fully saturated rings. The van der Waals surface area contributed by atoms with Crippen LogP contribution >= 0.6 is 0 Å². The maximum absolute atomic E-state index is 11.1. The van der Waals surface area contributed by atoms with Crippen molar-refractivity contribution < 1.29 is 4.79 Å². The summed E-state index contributed by atoms with van der Waals surface area (Å²) in [6.45, 7) is 2.18. The summed E-state index contributed by atoms with van der Waals surface area (Å²) in [5, 5.41) is 13.1. The fraction of sp³-hybridized carbons (Fsp3) is 0.778. The monoisotopic (exact) mass is 181 g/mol. The lowest BCUT2D eigenvalue weighted by molar-refractivity contribution is 0.230. The third-order valence-electron chi connectivity index (χ3n) is 3.07. The van der Waals surface area contributed by atoms with Gasteiger partial charge >= 0.3 is 6.03 Å². The molecule has 1 spiro atoms. The van der Waals surface area contributed by atoms with Crippen molar-refractivity contribution in [2.75, 3.05) is 0 Å². The first kappa shape index (κ1) is 8.53. The molecule has 13 heavy (non-hydrogen) atoms. The van der Waals surface area contributed by atoms with E-state index in [0.29, 0.717) is 11.8 Å². The van der Waals surface area contributed by atoms with E-state index < -0.39 is 0 Å². The lowest BCUT2D eigenvalue weighted by atomic mass is 9.76. The number of rotatable bonds is 0. The van der Waals surface area contributed by atoms with Gasteiger partial charge in [0.15, 0.2) is 0 Å². The van der Waals surface area contributed by atoms with Crippen LogP contribution < -0.4 is 10.6 Å². The highest BCUT2D eigenvalue weighted by Crippen LogP contribution is 2.34. The van der Waals surface area contributed by atoms with Crippen molar-refractivity contribution in [3.05, 3.63) is 0 Å². The Bertz CT molecular complexity index is 264. The van der Waals surface area contributed by atoms with Gasteiger partial charge in [-0.15, -0.1) is 0 Å². The average molecular weight is 181 g/mol. The molecule has 1 aliphatic carbocycles. The summed E-state index contributed by atoms with van der Waals surface area (Å²) in [7, 11) is 0. The molecule has 1 saturated carbocycles. The molecule has 2 unspecified atom stereocenters. The Hall–Kier alpha value is -1.06. The summed E-state index contributed by atoms with van der Waals surface area (Å²) in [5.74, 6) is 0.971. The van der Waals surface area contributed by atoms with Crippen LogP contribution in [0.2, 0.25) is 0 Å². The Morgan fingerprint density at radius 1 is 1.62 bits per heavy atom. The van der Waals surface area contributed by atoms with E-state index in [0.717, 1.165) is 19.3 Å². The zero-order valence-corrected chi connectivity index (χ0v) is 7.81. The van der Waals surface area contributed by atoms with Crippen LogP contribution in [0, 0.1) is 11.3 Å². The molecule has 3 N–H and O–H groups in total. The highest BCUT2D eigenvalue weighted by atomic mass is 16.2. The molecule has 4 heteroatoms. The van der Waals surface area contributed by atoms with Crippen molar-refractivity contribution in [2.24, 2.45) is 5.92 Å². The van der Waals surface area contributed by atoms with Crippen LogP contribution in [0.25, 0.3) is 0 Å². The Kier molecular flexibility index (Phi) is 1.78. The van der Waals surface area contributed by atoms with E-state index >= 15 is 0 Å². The molecule has 2 amide bonds. The summed E-state index contributed by atoms with van der Waals surface area (Å²) in [5.41, 5.74) is -0.352. The Balaban J connectivity index is 2.19. The van der Waals surface area contributed by atoms with Gasteiger partial charge in [0.2, 0.25) is 0 Å². The quantitative estimate of drug-likeness (QED) is 0.517. The number of nitrogens with one attached hydrogen (secondary N) is 3. The van der Waals surface area contributed by atoms with Crippen LogP contribution in [0.3, 0.4) is 0 Å². The first-order chi connectivity index (χ1) is 6.12. The van der Waals surface area contributed by atoms with Crippen molar-refractivity contribution in [3.8, 4) is 0 Å². The molecule has 0 bridgehead atoms. The van der Waals surface area contributed by atoms with Crippen molar-refractivity contribution >= 4 is 11.9 Å². The first-order valence-electron chi connectivity index (χ1n) is 4.81. The molecular formula is C9H15N3O. The first-order valence-corrected chi connectivity index (χ1v) is 4.81. The van der Waals surface area contributed by atoms with Gasteiger partial charge in [-0.1, -0.05) is 19.8 Å². The molecule has 1 heterocycles. The second-order valence-electron chi connectivity index (χ2n) is 4.24. The summed E-state index contributed by atoms with van der Waals surface area (Å²) in [4.78, 5) is 11.1. The molecule has 0 aromatic rings. The molecule has 0 aromatic carbocycles. The number of hydrogen-bond acceptors (Lipinski definition) is 2. The van der Waals surface area contributed by atoms with Crippen LogP contribution in [-0.2, 0) is 0 Å². The van der Waals surface area contributed by atoms with E-state index in [1.54, 1.807) is 0 Å². The maximum Gasteiger partial charge on any atom is 0.321 e. The summed E-state index contributed by atoms with van der Waals surface area (Å²) in [6.07, 6.45) is 4.13. The molecule has 72 valence electrons. The lowest BCUT2D eigenvalue weighted by Gasteiger charge is -2.35. The minimum atomic E-state index is -0.352. The van der Waals surface area contributed by atoms with Gasteiger partial charge in [-0.25, -0.2) is 4.79 Å². The number of carbonyl (C=O) groups excluding carboxylic acids is 1. The SMILES string of the molecule is CC1CCCC2(C1)NC(=O)NC2=N. The van der Waals surface area contributed by atoms with Crippen molar-refractivity contribution in [2.45, 2.75) is 38.1 Å². The zero-order valence-electron chi connectivity index (χ0n) is 7.81. The van der Waals surface area contributed by atoms with Crippen LogP contribution in [0.15, 0.2) is 0 Å². The van der Waals surface area contributed by atoms with Crippen molar-refractivity contribution in [3.63, 3.8) is 0 Å². The van der Waals surface area contributed by atoms with Gasteiger partial charge in [-0.3, -0.25) is 10.7 Å². The predicted octanol–water partition coefficient (Wildman–Crippen LogP) is 1.23. The number of hydrogen-bond donors (Lipinski definition) is 3. The molecular weight excluding hydrogens is 166 g/mol. The van der Waals surface area contributed by atoms with E-state index in [4.69, 9.17) is 5.41 Å². The smallest absolute Gasteiger partial charge is 0.321 e. The summed E-state index contributed by atoms with van der Waals surface area (Å²) in [6, 6.07) is -0.209. The molecule has 2 atom stereocenters. The molecule has 2 aliphatic rings. The van der Waals surface area contributed by atoms with Gasteiger partial charge in [-0.05, 0) is 18.8 Å². The van der Waals surface area contributed by atoms with E-state index in [1.165, 1.54) is 6.42 Å². The van der Waals surface area contributed by atoms with Gasteiger partial charge < -0.3 is 5.32 Å². The molecule has 0 aromatic heterocycles. The van der Waals surface area contributed by atoms with Crippen molar-refractivity contribution in [1.82, 2.24) is 10.6 Å². The predicted molar refractivity (Wildman–Crippen MR) is 49.8 cm³/mol. The van der Waals surface area contributed by atoms with Gasteiger partial charge in [0, 0.05) is 0 Å². The fourth-order valence-corrected chi connectivity index (χ4v) is 2.44. The van der Waals surface area contributed by atoms with E-state index in [2.05, 4.69) is 17.6 Å². The fourth-order valence-electron chi connectivity index (χ4n) is 2.44. The number of amidine groups is 1. The largest absolute Gasteiger partial charge is 0.325 e. The van der Waals surface area contributed by atoms with Gasteiger partial charge in [0.1, 0.15) is 5.84 Å². The molecule has 1 aliphatic heterocycles. The third kappa shape index (κ3) is 1.30. The Labute approximate surface area is 77.6 Å². The average Bonchev–Trinajstić information content (AvgIpc) is 2.26. The molecule has 0 radical (unpaired) electrons. The molecule has 2 rings (SSSR count). The van der Waals surface area contributed by atoms with Crippen LogP contribution in [0.1, 0.15) is 32.6 Å². The van der Waals surface area contributed by atoms with E-state index in [9.17, 15) is 4.79 Å². The minimum absolute atomic E-state index is 0.209. The number of amides is 2. The van der Waals surface area contributed by atoms with Crippen LogP contribution in [0.5, 0.6) is 0 Å². The number of carbonyl (C=O) groups is 1. The highest BCUT2D eigenvalue weighted by molar-refractivity contribution is 6.08.